The Hall–Kier alpha value is -2.48. The molecule has 0 radical (unpaired) electrons. The summed E-state index contributed by atoms with van der Waals surface area (Å²) >= 11 is 12.2. The average Bonchev–Trinajstić information content (AvgIpc) is 2.70. The molecule has 0 unspecified atom stereocenters. The van der Waals surface area contributed by atoms with Crippen molar-refractivity contribution < 1.29 is 19.1 Å². The highest BCUT2D eigenvalue weighted by Crippen LogP contribution is 2.37. The van der Waals surface area contributed by atoms with Gasteiger partial charge >= 0.3 is 0 Å². The van der Waals surface area contributed by atoms with E-state index in [1.165, 1.54) is 0 Å². The maximum absolute atomic E-state index is 12.5. The maximum atomic E-state index is 12.5. The third-order valence-corrected chi connectivity index (χ3v) is 5.11. The molecule has 30 heavy (non-hydrogen) atoms. The molecule has 2 aromatic rings. The molecule has 0 saturated carbocycles. The van der Waals surface area contributed by atoms with Gasteiger partial charge in [0.15, 0.2) is 11.5 Å². The lowest BCUT2D eigenvalue weighted by Crippen LogP contribution is -2.38. The third kappa shape index (κ3) is 5.78. The number of amides is 2. The Morgan fingerprint density at radius 3 is 2.20 bits per heavy atom. The number of likely N-dealkylation sites (N-methyl/N-ethyl adjacent to an activating group) is 1. The van der Waals surface area contributed by atoms with E-state index in [1.807, 2.05) is 19.9 Å². The first kappa shape index (κ1) is 22.2. The van der Waals surface area contributed by atoms with E-state index in [0.717, 1.165) is 5.56 Å². The number of halogens is 2. The van der Waals surface area contributed by atoms with Gasteiger partial charge in [-0.25, -0.2) is 0 Å². The molecule has 0 spiro atoms. The van der Waals surface area contributed by atoms with E-state index in [4.69, 9.17) is 32.7 Å². The SMILES string of the molecule is CCN(CC(=O)Nc1cc(Cl)ccc1C)CC(=O)Nc1cc2c(cc1Cl)OCCO2. The molecule has 0 atom stereocenters. The van der Waals surface area contributed by atoms with Crippen LogP contribution < -0.4 is 20.1 Å². The van der Waals surface area contributed by atoms with E-state index in [9.17, 15) is 9.59 Å². The highest BCUT2D eigenvalue weighted by atomic mass is 35.5. The zero-order chi connectivity index (χ0) is 21.7. The summed E-state index contributed by atoms with van der Waals surface area (Å²) in [5.41, 5.74) is 1.99. The Labute approximate surface area is 185 Å². The van der Waals surface area contributed by atoms with Crippen molar-refractivity contribution in [1.82, 2.24) is 4.90 Å². The Kier molecular flexibility index (Phi) is 7.42. The molecule has 0 fully saturated rings. The first-order valence-corrected chi connectivity index (χ1v) is 10.3. The zero-order valence-electron chi connectivity index (χ0n) is 16.8. The minimum atomic E-state index is -0.290. The molecule has 160 valence electrons. The number of carbonyl (C=O) groups excluding carboxylic acids is 2. The summed E-state index contributed by atoms with van der Waals surface area (Å²) in [5.74, 6) is 0.562. The van der Waals surface area contributed by atoms with Crippen LogP contribution in [-0.4, -0.2) is 49.6 Å². The largest absolute Gasteiger partial charge is 0.486 e. The molecule has 9 heteroatoms. The van der Waals surface area contributed by atoms with Gasteiger partial charge in [-0.2, -0.15) is 0 Å². The summed E-state index contributed by atoms with van der Waals surface area (Å²) in [5, 5.41) is 6.49. The molecule has 2 amide bonds. The van der Waals surface area contributed by atoms with E-state index in [1.54, 1.807) is 29.2 Å². The summed E-state index contributed by atoms with van der Waals surface area (Å²) in [7, 11) is 0. The highest BCUT2D eigenvalue weighted by Gasteiger charge is 2.18. The van der Waals surface area contributed by atoms with Gasteiger partial charge in [-0.15, -0.1) is 0 Å². The van der Waals surface area contributed by atoms with Crippen molar-refractivity contribution in [2.75, 3.05) is 43.5 Å². The Morgan fingerprint density at radius 1 is 0.967 bits per heavy atom. The van der Waals surface area contributed by atoms with Crippen LogP contribution in [-0.2, 0) is 9.59 Å². The van der Waals surface area contributed by atoms with Crippen molar-refractivity contribution >= 4 is 46.4 Å². The summed E-state index contributed by atoms with van der Waals surface area (Å²) in [6, 6.07) is 8.55. The fraction of sp³-hybridized carbons (Fsp3) is 0.333. The summed E-state index contributed by atoms with van der Waals surface area (Å²) in [6.45, 7) is 5.26. The van der Waals surface area contributed by atoms with Gasteiger partial charge in [0.25, 0.3) is 0 Å². The molecule has 0 aliphatic carbocycles. The summed E-state index contributed by atoms with van der Waals surface area (Å²) in [4.78, 5) is 26.6. The van der Waals surface area contributed by atoms with Crippen LogP contribution in [0.2, 0.25) is 10.0 Å². The molecule has 2 N–H and O–H groups in total. The lowest BCUT2D eigenvalue weighted by molar-refractivity contribution is -0.119. The van der Waals surface area contributed by atoms with Gasteiger partial charge in [0.2, 0.25) is 11.8 Å². The monoisotopic (exact) mass is 451 g/mol. The van der Waals surface area contributed by atoms with E-state index in [2.05, 4.69) is 10.6 Å². The molecule has 1 aliphatic rings. The molecule has 2 aromatic carbocycles. The van der Waals surface area contributed by atoms with Gasteiger partial charge in [0, 0.05) is 22.8 Å². The van der Waals surface area contributed by atoms with Crippen molar-refractivity contribution in [3.8, 4) is 11.5 Å². The number of aryl methyl sites for hydroxylation is 1. The minimum Gasteiger partial charge on any atom is -0.486 e. The number of fused-ring (bicyclic) bond motifs is 1. The molecular formula is C21H23Cl2N3O4. The smallest absolute Gasteiger partial charge is 0.238 e. The van der Waals surface area contributed by atoms with Gasteiger partial charge < -0.3 is 20.1 Å². The highest BCUT2D eigenvalue weighted by molar-refractivity contribution is 6.34. The number of hydrogen-bond acceptors (Lipinski definition) is 5. The quantitative estimate of drug-likeness (QED) is 0.665. The van der Waals surface area contributed by atoms with Crippen LogP contribution >= 0.6 is 23.2 Å². The summed E-state index contributed by atoms with van der Waals surface area (Å²) in [6.07, 6.45) is 0. The van der Waals surface area contributed by atoms with Gasteiger partial charge in [0.1, 0.15) is 13.2 Å². The Morgan fingerprint density at radius 2 is 1.57 bits per heavy atom. The third-order valence-electron chi connectivity index (χ3n) is 4.56. The maximum Gasteiger partial charge on any atom is 0.238 e. The van der Waals surface area contributed by atoms with Crippen LogP contribution in [0.5, 0.6) is 11.5 Å². The lowest BCUT2D eigenvalue weighted by Gasteiger charge is -2.21. The predicted molar refractivity (Wildman–Crippen MR) is 118 cm³/mol. The zero-order valence-corrected chi connectivity index (χ0v) is 18.3. The second kappa shape index (κ2) is 10.0. The molecule has 0 saturated heterocycles. The number of hydrogen-bond donors (Lipinski definition) is 2. The second-order valence-electron chi connectivity index (χ2n) is 6.83. The molecule has 7 nitrogen and oxygen atoms in total. The molecule has 0 aromatic heterocycles. The van der Waals surface area contributed by atoms with Gasteiger partial charge in [-0.3, -0.25) is 14.5 Å². The van der Waals surface area contributed by atoms with Gasteiger partial charge in [-0.1, -0.05) is 36.2 Å². The van der Waals surface area contributed by atoms with Crippen molar-refractivity contribution in [3.05, 3.63) is 45.9 Å². The predicted octanol–water partition coefficient (Wildman–Crippen LogP) is 3.97. The molecule has 3 rings (SSSR count). The van der Waals surface area contributed by atoms with Gasteiger partial charge in [0.05, 0.1) is 23.8 Å². The Balaban J connectivity index is 1.58. The summed E-state index contributed by atoms with van der Waals surface area (Å²) < 4.78 is 11.0. The van der Waals surface area contributed by atoms with Crippen LogP contribution in [0.15, 0.2) is 30.3 Å². The van der Waals surface area contributed by atoms with E-state index in [0.29, 0.717) is 52.7 Å². The van der Waals surface area contributed by atoms with Gasteiger partial charge in [-0.05, 0) is 31.2 Å². The standard InChI is InChI=1S/C21H23Cl2N3O4/c1-3-26(11-20(27)24-16-8-14(22)5-4-13(16)2)12-21(28)25-17-10-19-18(9-15(17)23)29-6-7-30-19/h4-5,8-10H,3,6-7,11-12H2,1-2H3,(H,24,27)(H,25,28). The molecular weight excluding hydrogens is 429 g/mol. The Bertz CT molecular complexity index is 952. The van der Waals surface area contributed by atoms with E-state index < -0.39 is 0 Å². The van der Waals surface area contributed by atoms with Crippen LogP contribution in [0.1, 0.15) is 12.5 Å². The average molecular weight is 452 g/mol. The van der Waals surface area contributed by atoms with Crippen LogP contribution in [0, 0.1) is 6.92 Å². The topological polar surface area (TPSA) is 79.9 Å². The van der Waals surface area contributed by atoms with Crippen LogP contribution in [0.25, 0.3) is 0 Å². The lowest BCUT2D eigenvalue weighted by atomic mass is 10.2. The molecule has 0 bridgehead atoms. The van der Waals surface area contributed by atoms with Crippen molar-refractivity contribution in [1.29, 1.82) is 0 Å². The number of benzene rings is 2. The van der Waals surface area contributed by atoms with Crippen molar-refractivity contribution in [2.45, 2.75) is 13.8 Å². The first-order valence-electron chi connectivity index (χ1n) is 9.53. The molecule has 1 heterocycles. The number of carbonyl (C=O) groups is 2. The number of anilines is 2. The van der Waals surface area contributed by atoms with E-state index in [-0.39, 0.29) is 24.9 Å². The van der Waals surface area contributed by atoms with E-state index >= 15 is 0 Å². The fourth-order valence-electron chi connectivity index (χ4n) is 2.95. The number of nitrogens with one attached hydrogen (secondary N) is 2. The van der Waals surface area contributed by atoms with Crippen LogP contribution in [0.4, 0.5) is 11.4 Å². The second-order valence-corrected chi connectivity index (χ2v) is 7.68. The first-order chi connectivity index (χ1) is 14.4. The number of nitrogens with zero attached hydrogens (tertiary/aromatic N) is 1. The van der Waals surface area contributed by atoms with Crippen LogP contribution in [0.3, 0.4) is 0 Å². The van der Waals surface area contributed by atoms with Crippen molar-refractivity contribution in [2.24, 2.45) is 0 Å². The molecule has 1 aliphatic heterocycles. The number of rotatable bonds is 7. The normalized spacial score (nSPS) is 12.6. The fourth-order valence-corrected chi connectivity index (χ4v) is 3.33. The number of ether oxygens (including phenoxy) is 2. The minimum absolute atomic E-state index is 0.0310. The van der Waals surface area contributed by atoms with Crippen molar-refractivity contribution in [3.63, 3.8) is 0 Å².